The third-order valence-electron chi connectivity index (χ3n) is 6.99. The fraction of sp³-hybridized carbons (Fsp3) is 0.139. The van der Waals surface area contributed by atoms with Crippen LogP contribution in [0.3, 0.4) is 0 Å². The first-order valence-electron chi connectivity index (χ1n) is 14.0. The molecule has 0 unspecified atom stereocenters. The summed E-state index contributed by atoms with van der Waals surface area (Å²) < 4.78 is 50.5. The van der Waals surface area contributed by atoms with Crippen LogP contribution in [-0.4, -0.2) is 11.1 Å². The molecule has 0 spiro atoms. The summed E-state index contributed by atoms with van der Waals surface area (Å²) >= 11 is 0. The molecule has 0 aliphatic carbocycles. The van der Waals surface area contributed by atoms with Gasteiger partial charge < -0.3 is 19.9 Å². The topological polar surface area (TPSA) is 67.8 Å². The van der Waals surface area contributed by atoms with E-state index in [-0.39, 0.29) is 23.8 Å². The summed E-state index contributed by atoms with van der Waals surface area (Å²) in [6, 6.07) is 32.3. The molecule has 5 nitrogen and oxygen atoms in total. The highest BCUT2D eigenvalue weighted by Gasteiger charge is 2.30. The Morgan fingerprint density at radius 1 is 0.795 bits per heavy atom. The standard InChI is InChI=1S/C36H30F3NO4/c1-23(2)31-21-34(40-27-15-17-29(18-16-27)44-28-8-4-3-5-9-28)33(35(41)42)20-32(31)25-13-11-24(12-14-25)22-43-30-10-6-7-26(19-30)36(37,38)39/h3-21,23,40H,22H2,1-2H3,(H,41,42). The number of hydrogen-bond acceptors (Lipinski definition) is 4. The molecule has 5 aromatic carbocycles. The molecule has 0 bridgehead atoms. The van der Waals surface area contributed by atoms with Gasteiger partial charge in [0.25, 0.3) is 0 Å². The zero-order chi connectivity index (χ0) is 31.3. The minimum Gasteiger partial charge on any atom is -0.489 e. The van der Waals surface area contributed by atoms with Crippen LogP contribution in [0.15, 0.2) is 115 Å². The van der Waals surface area contributed by atoms with Gasteiger partial charge in [0.2, 0.25) is 0 Å². The number of halogens is 3. The molecule has 2 N–H and O–H groups in total. The molecule has 224 valence electrons. The van der Waals surface area contributed by atoms with E-state index >= 15 is 0 Å². The molecule has 44 heavy (non-hydrogen) atoms. The summed E-state index contributed by atoms with van der Waals surface area (Å²) in [6.45, 7) is 4.16. The number of ether oxygens (including phenoxy) is 2. The van der Waals surface area contributed by atoms with Crippen LogP contribution in [0, 0.1) is 0 Å². The summed E-state index contributed by atoms with van der Waals surface area (Å²) in [6.07, 6.45) is -4.45. The van der Waals surface area contributed by atoms with E-state index in [0.29, 0.717) is 17.1 Å². The SMILES string of the molecule is CC(C)c1cc(Nc2ccc(Oc3ccccc3)cc2)c(C(=O)O)cc1-c1ccc(COc2cccc(C(F)(F)F)c2)cc1. The number of rotatable bonds is 10. The van der Waals surface area contributed by atoms with Crippen molar-refractivity contribution in [1.29, 1.82) is 0 Å². The van der Waals surface area contributed by atoms with E-state index in [4.69, 9.17) is 9.47 Å². The second-order valence-electron chi connectivity index (χ2n) is 10.5. The zero-order valence-electron chi connectivity index (χ0n) is 24.1. The zero-order valence-corrected chi connectivity index (χ0v) is 24.1. The van der Waals surface area contributed by atoms with Gasteiger partial charge in [-0.1, -0.05) is 62.4 Å². The number of aromatic carboxylic acids is 1. The predicted octanol–water partition coefficient (Wildman–Crippen LogP) is 10.3. The molecule has 0 radical (unpaired) electrons. The Labute approximate surface area is 253 Å². The van der Waals surface area contributed by atoms with Crippen molar-refractivity contribution >= 4 is 17.3 Å². The number of carbonyl (C=O) groups is 1. The molecule has 0 fully saturated rings. The number of alkyl halides is 3. The maximum atomic E-state index is 13.0. The van der Waals surface area contributed by atoms with Gasteiger partial charge in [-0.25, -0.2) is 4.79 Å². The molecule has 8 heteroatoms. The van der Waals surface area contributed by atoms with E-state index in [9.17, 15) is 23.1 Å². The average Bonchev–Trinajstić information content (AvgIpc) is 3.01. The highest BCUT2D eigenvalue weighted by atomic mass is 19.4. The highest BCUT2D eigenvalue weighted by Crippen LogP contribution is 2.36. The van der Waals surface area contributed by atoms with Gasteiger partial charge in [0.1, 0.15) is 23.9 Å². The number of hydrogen-bond donors (Lipinski definition) is 2. The predicted molar refractivity (Wildman–Crippen MR) is 165 cm³/mol. The third kappa shape index (κ3) is 7.39. The lowest BCUT2D eigenvalue weighted by atomic mass is 9.89. The van der Waals surface area contributed by atoms with Crippen LogP contribution in [-0.2, 0) is 12.8 Å². The largest absolute Gasteiger partial charge is 0.489 e. The lowest BCUT2D eigenvalue weighted by Crippen LogP contribution is -2.06. The summed E-state index contributed by atoms with van der Waals surface area (Å²) in [7, 11) is 0. The fourth-order valence-corrected chi connectivity index (χ4v) is 4.72. The molecule has 0 aliphatic heterocycles. The number of nitrogens with one attached hydrogen (secondary N) is 1. The number of anilines is 2. The smallest absolute Gasteiger partial charge is 0.416 e. The van der Waals surface area contributed by atoms with E-state index in [0.717, 1.165) is 40.1 Å². The maximum Gasteiger partial charge on any atom is 0.416 e. The van der Waals surface area contributed by atoms with Crippen LogP contribution in [0.1, 0.15) is 46.8 Å². The van der Waals surface area contributed by atoms with Crippen molar-refractivity contribution in [2.45, 2.75) is 32.5 Å². The van der Waals surface area contributed by atoms with Crippen molar-refractivity contribution in [3.05, 3.63) is 138 Å². The monoisotopic (exact) mass is 597 g/mol. The van der Waals surface area contributed by atoms with Crippen molar-refractivity contribution in [2.75, 3.05) is 5.32 Å². The molecule has 0 aliphatic rings. The minimum atomic E-state index is -4.45. The van der Waals surface area contributed by atoms with Crippen LogP contribution < -0.4 is 14.8 Å². The summed E-state index contributed by atoms with van der Waals surface area (Å²) in [5, 5.41) is 13.3. The van der Waals surface area contributed by atoms with Crippen LogP contribution >= 0.6 is 0 Å². The van der Waals surface area contributed by atoms with Crippen LogP contribution in [0.5, 0.6) is 17.2 Å². The van der Waals surface area contributed by atoms with Gasteiger partial charge in [0, 0.05) is 5.69 Å². The molecule has 5 rings (SSSR count). The molecular formula is C36H30F3NO4. The Hall–Kier alpha value is -5.24. The molecule has 0 amide bonds. The second-order valence-corrected chi connectivity index (χ2v) is 10.5. The minimum absolute atomic E-state index is 0.0804. The number of carboxylic acids is 1. The van der Waals surface area contributed by atoms with Crippen molar-refractivity contribution in [3.63, 3.8) is 0 Å². The first-order chi connectivity index (χ1) is 21.1. The van der Waals surface area contributed by atoms with Gasteiger partial charge >= 0.3 is 12.1 Å². The number of benzene rings is 5. The van der Waals surface area contributed by atoms with Crippen molar-refractivity contribution in [1.82, 2.24) is 0 Å². The molecule has 5 aromatic rings. The van der Waals surface area contributed by atoms with E-state index in [1.165, 1.54) is 12.1 Å². The first-order valence-corrected chi connectivity index (χ1v) is 14.0. The quantitative estimate of drug-likeness (QED) is 0.168. The normalized spacial score (nSPS) is 11.3. The molecule has 0 aromatic heterocycles. The van der Waals surface area contributed by atoms with Crippen LogP contribution in [0.2, 0.25) is 0 Å². The number of carboxylic acid groups (broad SMARTS) is 1. The Bertz CT molecular complexity index is 1730. The Balaban J connectivity index is 1.35. The van der Waals surface area contributed by atoms with Gasteiger partial charge in [-0.15, -0.1) is 0 Å². The van der Waals surface area contributed by atoms with Gasteiger partial charge in [-0.3, -0.25) is 0 Å². The lowest BCUT2D eigenvalue weighted by molar-refractivity contribution is -0.137. The van der Waals surface area contributed by atoms with Gasteiger partial charge in [0.15, 0.2) is 0 Å². The molecule has 0 atom stereocenters. The van der Waals surface area contributed by atoms with Crippen molar-refractivity contribution in [3.8, 4) is 28.4 Å². The lowest BCUT2D eigenvalue weighted by Gasteiger charge is -2.19. The first kappa shape index (κ1) is 30.2. The highest BCUT2D eigenvalue weighted by molar-refractivity contribution is 5.97. The second kappa shape index (κ2) is 13.0. The van der Waals surface area contributed by atoms with Gasteiger partial charge in [-0.2, -0.15) is 13.2 Å². The molecule has 0 saturated heterocycles. The van der Waals surface area contributed by atoms with Crippen LogP contribution in [0.25, 0.3) is 11.1 Å². The number of para-hydroxylation sites is 1. The van der Waals surface area contributed by atoms with Gasteiger partial charge in [0.05, 0.1) is 16.8 Å². The Kier molecular flexibility index (Phi) is 8.90. The Morgan fingerprint density at radius 3 is 2.09 bits per heavy atom. The van der Waals surface area contributed by atoms with E-state index in [1.807, 2.05) is 98.8 Å². The van der Waals surface area contributed by atoms with Gasteiger partial charge in [-0.05, 0) is 94.9 Å². The molecule has 0 saturated carbocycles. The van der Waals surface area contributed by atoms with E-state index in [1.54, 1.807) is 6.07 Å². The van der Waals surface area contributed by atoms with E-state index in [2.05, 4.69) is 5.32 Å². The summed E-state index contributed by atoms with van der Waals surface area (Å²) in [5.41, 5.74) is 3.82. The van der Waals surface area contributed by atoms with Crippen molar-refractivity contribution < 1.29 is 32.5 Å². The fourth-order valence-electron chi connectivity index (χ4n) is 4.72. The maximum absolute atomic E-state index is 13.0. The van der Waals surface area contributed by atoms with Crippen LogP contribution in [0.4, 0.5) is 24.5 Å². The van der Waals surface area contributed by atoms with E-state index < -0.39 is 17.7 Å². The average molecular weight is 598 g/mol. The molecule has 0 heterocycles. The summed E-state index contributed by atoms with van der Waals surface area (Å²) in [4.78, 5) is 12.3. The Morgan fingerprint density at radius 2 is 1.45 bits per heavy atom. The summed E-state index contributed by atoms with van der Waals surface area (Å²) in [5.74, 6) is 0.508. The molecular weight excluding hydrogens is 567 g/mol. The van der Waals surface area contributed by atoms with Crippen molar-refractivity contribution in [2.24, 2.45) is 0 Å². The third-order valence-corrected chi connectivity index (χ3v) is 6.99.